The summed E-state index contributed by atoms with van der Waals surface area (Å²) in [6, 6.07) is 6.51. The zero-order chi connectivity index (χ0) is 15.2. The zero-order valence-electron chi connectivity index (χ0n) is 13.1. The lowest BCUT2D eigenvalue weighted by Crippen LogP contribution is -2.38. The van der Waals surface area contributed by atoms with Crippen molar-refractivity contribution in [2.45, 2.75) is 38.3 Å². The molecule has 21 heavy (non-hydrogen) atoms. The van der Waals surface area contributed by atoms with Gasteiger partial charge < -0.3 is 15.4 Å². The normalized spacial score (nSPS) is 22.2. The summed E-state index contributed by atoms with van der Waals surface area (Å²) in [5.41, 5.74) is 6.83. The zero-order valence-corrected chi connectivity index (χ0v) is 13.1. The van der Waals surface area contributed by atoms with Crippen LogP contribution < -0.4 is 5.73 Å². The van der Waals surface area contributed by atoms with Crippen LogP contribution in [0.3, 0.4) is 0 Å². The molecule has 3 nitrogen and oxygen atoms in total. The van der Waals surface area contributed by atoms with Gasteiger partial charge in [0.1, 0.15) is 5.82 Å². The number of hydrogen-bond donors (Lipinski definition) is 1. The van der Waals surface area contributed by atoms with Crippen molar-refractivity contribution in [2.24, 2.45) is 11.7 Å². The van der Waals surface area contributed by atoms with Crippen molar-refractivity contribution >= 4 is 0 Å². The number of hydrogen-bond acceptors (Lipinski definition) is 3. The number of nitrogens with two attached hydrogens (primary N) is 1. The summed E-state index contributed by atoms with van der Waals surface area (Å²) in [6.07, 6.45) is 3.90. The first kappa shape index (κ1) is 16.4. The molecule has 1 aliphatic heterocycles. The van der Waals surface area contributed by atoms with Gasteiger partial charge >= 0.3 is 0 Å². The van der Waals surface area contributed by atoms with Crippen molar-refractivity contribution in [1.29, 1.82) is 0 Å². The first-order chi connectivity index (χ1) is 10.1. The third-order valence-electron chi connectivity index (χ3n) is 4.27. The van der Waals surface area contributed by atoms with Crippen LogP contribution >= 0.6 is 0 Å². The van der Waals surface area contributed by atoms with E-state index in [4.69, 9.17) is 10.5 Å². The number of rotatable bonds is 6. The van der Waals surface area contributed by atoms with E-state index >= 15 is 0 Å². The Hall–Kier alpha value is -0.970. The van der Waals surface area contributed by atoms with Crippen molar-refractivity contribution in [3.05, 3.63) is 35.6 Å². The number of benzene rings is 1. The molecule has 1 aromatic rings. The van der Waals surface area contributed by atoms with Gasteiger partial charge in [0.15, 0.2) is 0 Å². The van der Waals surface area contributed by atoms with E-state index in [-0.39, 0.29) is 17.8 Å². The van der Waals surface area contributed by atoms with Gasteiger partial charge in [0.2, 0.25) is 0 Å². The Kier molecular flexibility index (Phi) is 6.15. The molecule has 0 saturated carbocycles. The molecule has 0 bridgehead atoms. The summed E-state index contributed by atoms with van der Waals surface area (Å²) in [5, 5.41) is 0. The van der Waals surface area contributed by atoms with Crippen molar-refractivity contribution < 1.29 is 9.13 Å². The van der Waals surface area contributed by atoms with E-state index in [1.165, 1.54) is 18.9 Å². The monoisotopic (exact) mass is 294 g/mol. The Balaban J connectivity index is 1.85. The van der Waals surface area contributed by atoms with Crippen LogP contribution in [0, 0.1) is 11.7 Å². The molecule has 0 aromatic heterocycles. The highest BCUT2D eigenvalue weighted by atomic mass is 19.1. The van der Waals surface area contributed by atoms with Gasteiger partial charge in [0.25, 0.3) is 0 Å². The molecular weight excluding hydrogens is 267 g/mol. The third kappa shape index (κ3) is 4.77. The topological polar surface area (TPSA) is 38.5 Å². The Morgan fingerprint density at radius 1 is 1.38 bits per heavy atom. The second-order valence-electron chi connectivity index (χ2n) is 6.23. The van der Waals surface area contributed by atoms with E-state index < -0.39 is 0 Å². The summed E-state index contributed by atoms with van der Waals surface area (Å²) in [5.74, 6) is -0.0226. The van der Waals surface area contributed by atoms with Crippen LogP contribution in [0.1, 0.15) is 37.8 Å². The molecule has 0 amide bonds. The molecular formula is C17H27FN2O. The van der Waals surface area contributed by atoms with Crippen LogP contribution in [-0.4, -0.2) is 37.7 Å². The van der Waals surface area contributed by atoms with E-state index in [2.05, 4.69) is 18.9 Å². The smallest absolute Gasteiger partial charge is 0.127 e. The molecule has 3 atom stereocenters. The summed E-state index contributed by atoms with van der Waals surface area (Å²) < 4.78 is 19.6. The highest BCUT2D eigenvalue weighted by Gasteiger charge is 2.21. The molecule has 0 radical (unpaired) electrons. The maximum Gasteiger partial charge on any atom is 0.127 e. The van der Waals surface area contributed by atoms with Gasteiger partial charge in [-0.1, -0.05) is 25.1 Å². The van der Waals surface area contributed by atoms with Crippen LogP contribution in [0.2, 0.25) is 0 Å². The molecule has 0 aliphatic carbocycles. The average Bonchev–Trinajstić information content (AvgIpc) is 2.48. The summed E-state index contributed by atoms with van der Waals surface area (Å²) >= 11 is 0. The van der Waals surface area contributed by atoms with Crippen molar-refractivity contribution in [3.8, 4) is 0 Å². The molecule has 0 spiro atoms. The lowest BCUT2D eigenvalue weighted by molar-refractivity contribution is -0.00362. The number of likely N-dealkylation sites (N-methyl/N-ethyl adjacent to an activating group) is 1. The van der Waals surface area contributed by atoms with Gasteiger partial charge in [0, 0.05) is 31.3 Å². The summed E-state index contributed by atoms with van der Waals surface area (Å²) in [7, 11) is 2.09. The van der Waals surface area contributed by atoms with E-state index in [1.54, 1.807) is 12.1 Å². The maximum absolute atomic E-state index is 13.8. The minimum atomic E-state index is -0.277. The predicted octanol–water partition coefficient (Wildman–Crippen LogP) is 2.96. The molecule has 118 valence electrons. The molecule has 1 heterocycles. The van der Waals surface area contributed by atoms with Gasteiger partial charge in [-0.2, -0.15) is 0 Å². The van der Waals surface area contributed by atoms with E-state index in [0.29, 0.717) is 11.7 Å². The standard InChI is InChI=1S/C17H27FN2O/c1-13(17(19)15-8-3-4-9-16(15)18)11-20(2)12-14-7-5-6-10-21-14/h3-4,8-9,13-14,17H,5-7,10-12,19H2,1-2H3. The van der Waals surface area contributed by atoms with Crippen LogP contribution in [0.5, 0.6) is 0 Å². The minimum Gasteiger partial charge on any atom is -0.377 e. The van der Waals surface area contributed by atoms with Gasteiger partial charge in [-0.25, -0.2) is 4.39 Å². The van der Waals surface area contributed by atoms with Crippen LogP contribution in [0.25, 0.3) is 0 Å². The lowest BCUT2D eigenvalue weighted by Gasteiger charge is -2.30. The Morgan fingerprint density at radius 2 is 2.14 bits per heavy atom. The van der Waals surface area contributed by atoms with Gasteiger partial charge in [-0.05, 0) is 38.3 Å². The van der Waals surface area contributed by atoms with Crippen LogP contribution in [0.4, 0.5) is 4.39 Å². The van der Waals surface area contributed by atoms with Crippen molar-refractivity contribution in [2.75, 3.05) is 26.7 Å². The second-order valence-corrected chi connectivity index (χ2v) is 6.23. The van der Waals surface area contributed by atoms with Crippen molar-refractivity contribution in [1.82, 2.24) is 4.90 Å². The molecule has 2 N–H and O–H groups in total. The highest BCUT2D eigenvalue weighted by Crippen LogP contribution is 2.23. The fourth-order valence-corrected chi connectivity index (χ4v) is 3.03. The molecule has 1 aliphatic rings. The lowest BCUT2D eigenvalue weighted by atomic mass is 9.94. The fourth-order valence-electron chi connectivity index (χ4n) is 3.03. The molecule has 2 rings (SSSR count). The Bertz CT molecular complexity index is 435. The first-order valence-electron chi connectivity index (χ1n) is 7.88. The number of halogens is 1. The van der Waals surface area contributed by atoms with Crippen LogP contribution in [0.15, 0.2) is 24.3 Å². The molecule has 1 fully saturated rings. The highest BCUT2D eigenvalue weighted by molar-refractivity contribution is 5.21. The molecule has 1 saturated heterocycles. The minimum absolute atomic E-state index is 0.190. The summed E-state index contributed by atoms with van der Waals surface area (Å²) in [4.78, 5) is 2.25. The molecule has 1 aromatic carbocycles. The van der Waals surface area contributed by atoms with Crippen molar-refractivity contribution in [3.63, 3.8) is 0 Å². The second kappa shape index (κ2) is 7.87. The predicted molar refractivity (Wildman–Crippen MR) is 83.6 cm³/mol. The largest absolute Gasteiger partial charge is 0.377 e. The van der Waals surface area contributed by atoms with E-state index in [0.717, 1.165) is 26.1 Å². The molecule has 3 unspecified atom stereocenters. The number of ether oxygens (including phenoxy) is 1. The molecule has 4 heteroatoms. The fraction of sp³-hybridized carbons (Fsp3) is 0.647. The van der Waals surface area contributed by atoms with Gasteiger partial charge in [0.05, 0.1) is 6.10 Å². The quantitative estimate of drug-likeness (QED) is 0.876. The maximum atomic E-state index is 13.8. The van der Waals surface area contributed by atoms with Crippen LogP contribution in [-0.2, 0) is 4.74 Å². The van der Waals surface area contributed by atoms with Gasteiger partial charge in [-0.3, -0.25) is 0 Å². The average molecular weight is 294 g/mol. The van der Waals surface area contributed by atoms with Gasteiger partial charge in [-0.15, -0.1) is 0 Å². The Labute approximate surface area is 127 Å². The van der Waals surface area contributed by atoms with E-state index in [1.807, 2.05) is 6.07 Å². The number of nitrogens with zero attached hydrogens (tertiary/aromatic N) is 1. The Morgan fingerprint density at radius 3 is 2.81 bits per heavy atom. The SMILES string of the molecule is CC(CN(C)CC1CCCCO1)C(N)c1ccccc1F. The van der Waals surface area contributed by atoms with E-state index in [9.17, 15) is 4.39 Å². The first-order valence-corrected chi connectivity index (χ1v) is 7.88. The summed E-state index contributed by atoms with van der Waals surface area (Å²) in [6.45, 7) is 4.72. The third-order valence-corrected chi connectivity index (χ3v) is 4.27.